The van der Waals surface area contributed by atoms with Gasteiger partial charge < -0.3 is 9.26 Å². The predicted molar refractivity (Wildman–Crippen MR) is 95.4 cm³/mol. The van der Waals surface area contributed by atoms with E-state index in [0.29, 0.717) is 0 Å². The summed E-state index contributed by atoms with van der Waals surface area (Å²) < 4.78 is 24.7. The van der Waals surface area contributed by atoms with Crippen molar-refractivity contribution in [3.05, 3.63) is 70.7 Å². The molecule has 132 valence electrons. The third-order valence-electron chi connectivity index (χ3n) is 5.16. The Hall–Kier alpha value is -2.66. The van der Waals surface area contributed by atoms with Gasteiger partial charge in [0.25, 0.3) is 0 Å². The number of ether oxygens (including phenoxy) is 1. The highest BCUT2D eigenvalue weighted by atomic mass is 19.1. The molecule has 2 aliphatic rings. The van der Waals surface area contributed by atoms with Gasteiger partial charge in [-0.25, -0.2) is 4.39 Å². The molecule has 5 rings (SSSR count). The summed E-state index contributed by atoms with van der Waals surface area (Å²) in [7, 11) is 0. The zero-order valence-electron chi connectivity index (χ0n) is 14.4. The lowest BCUT2D eigenvalue weighted by atomic mass is 10.0. The Balaban J connectivity index is 1.39. The summed E-state index contributed by atoms with van der Waals surface area (Å²) in [4.78, 5) is 2.39. The van der Waals surface area contributed by atoms with Crippen LogP contribution in [0.15, 0.2) is 47.0 Å². The molecule has 0 saturated carbocycles. The maximum Gasteiger partial charge on any atom is 0.143 e. The first-order chi connectivity index (χ1) is 12.8. The highest BCUT2D eigenvalue weighted by Gasteiger charge is 2.25. The Morgan fingerprint density at radius 3 is 3.00 bits per heavy atom. The van der Waals surface area contributed by atoms with Crippen molar-refractivity contribution in [2.45, 2.75) is 25.9 Å². The zero-order chi connectivity index (χ0) is 17.5. The number of halogens is 1. The van der Waals surface area contributed by atoms with Gasteiger partial charge in [-0.3, -0.25) is 4.90 Å². The van der Waals surface area contributed by atoms with Gasteiger partial charge in [-0.2, -0.15) is 0 Å². The molecule has 0 N–H and O–H groups in total. The second-order valence-corrected chi connectivity index (χ2v) is 6.94. The molecule has 0 spiro atoms. The van der Waals surface area contributed by atoms with Crippen molar-refractivity contribution in [3.8, 4) is 17.0 Å². The molecule has 0 amide bonds. The number of hydrogen-bond acceptors (Lipinski definition) is 4. The van der Waals surface area contributed by atoms with Crippen LogP contribution < -0.4 is 4.74 Å². The summed E-state index contributed by atoms with van der Waals surface area (Å²) in [6, 6.07) is 13.0. The first-order valence-corrected chi connectivity index (χ1v) is 8.96. The highest BCUT2D eigenvalue weighted by Crippen LogP contribution is 2.32. The van der Waals surface area contributed by atoms with Crippen LogP contribution in [0, 0.1) is 5.82 Å². The summed E-state index contributed by atoms with van der Waals surface area (Å²) in [5.74, 6) is 1.68. The number of aromatic nitrogens is 1. The number of fused-ring (bicyclic) bond motifs is 2. The van der Waals surface area contributed by atoms with Gasteiger partial charge in [-0.05, 0) is 29.3 Å². The molecule has 0 radical (unpaired) electrons. The van der Waals surface area contributed by atoms with Crippen LogP contribution >= 0.6 is 0 Å². The van der Waals surface area contributed by atoms with Gasteiger partial charge >= 0.3 is 0 Å². The van der Waals surface area contributed by atoms with Crippen molar-refractivity contribution >= 4 is 0 Å². The maximum absolute atomic E-state index is 13.6. The van der Waals surface area contributed by atoms with E-state index in [1.807, 2.05) is 6.07 Å². The van der Waals surface area contributed by atoms with Crippen molar-refractivity contribution in [2.75, 3.05) is 13.2 Å². The normalized spacial score (nSPS) is 16.2. The van der Waals surface area contributed by atoms with E-state index in [1.54, 1.807) is 6.07 Å². The molecule has 0 aliphatic carbocycles. The molecule has 5 heteroatoms. The van der Waals surface area contributed by atoms with Crippen LogP contribution in [0.25, 0.3) is 11.3 Å². The second kappa shape index (κ2) is 6.25. The molecule has 3 heterocycles. The van der Waals surface area contributed by atoms with Gasteiger partial charge in [0.15, 0.2) is 0 Å². The van der Waals surface area contributed by atoms with Crippen molar-refractivity contribution in [3.63, 3.8) is 0 Å². The van der Waals surface area contributed by atoms with Crippen LogP contribution in [-0.2, 0) is 25.9 Å². The fourth-order valence-electron chi connectivity index (χ4n) is 3.86. The van der Waals surface area contributed by atoms with E-state index in [-0.39, 0.29) is 5.82 Å². The minimum Gasteiger partial charge on any atom is -0.493 e. The fraction of sp³-hybridized carbons (Fsp3) is 0.286. The van der Waals surface area contributed by atoms with Crippen LogP contribution in [-0.4, -0.2) is 23.2 Å². The topological polar surface area (TPSA) is 38.5 Å². The smallest absolute Gasteiger partial charge is 0.143 e. The van der Waals surface area contributed by atoms with E-state index >= 15 is 0 Å². The van der Waals surface area contributed by atoms with Gasteiger partial charge in [-0.1, -0.05) is 29.4 Å². The van der Waals surface area contributed by atoms with Gasteiger partial charge in [0.2, 0.25) is 0 Å². The molecule has 1 aromatic heterocycles. The number of rotatable bonds is 3. The molecule has 3 aromatic rings. The van der Waals surface area contributed by atoms with Crippen LogP contribution in [0.1, 0.15) is 22.5 Å². The SMILES string of the molecule is Fc1cccc(-c2noc3c2CN(Cc2ccc4c(c2)CCO4)CC3)c1. The van der Waals surface area contributed by atoms with Crippen LogP contribution in [0.2, 0.25) is 0 Å². The van der Waals surface area contributed by atoms with Gasteiger partial charge in [-0.15, -0.1) is 0 Å². The van der Waals surface area contributed by atoms with Gasteiger partial charge in [0.1, 0.15) is 23.0 Å². The van der Waals surface area contributed by atoms with Crippen molar-refractivity contribution in [1.29, 1.82) is 0 Å². The van der Waals surface area contributed by atoms with E-state index < -0.39 is 0 Å². The summed E-state index contributed by atoms with van der Waals surface area (Å²) in [5, 5.41) is 4.21. The molecular formula is C21H19FN2O2. The lowest BCUT2D eigenvalue weighted by Gasteiger charge is -2.26. The zero-order valence-corrected chi connectivity index (χ0v) is 14.4. The maximum atomic E-state index is 13.6. The largest absolute Gasteiger partial charge is 0.493 e. The minimum atomic E-state index is -0.257. The van der Waals surface area contributed by atoms with Crippen LogP contribution in [0.4, 0.5) is 4.39 Å². The number of hydrogen-bond donors (Lipinski definition) is 0. The molecule has 2 aliphatic heterocycles. The van der Waals surface area contributed by atoms with Gasteiger partial charge in [0, 0.05) is 43.6 Å². The molecule has 4 nitrogen and oxygen atoms in total. The van der Waals surface area contributed by atoms with Crippen molar-refractivity contribution < 1.29 is 13.7 Å². The molecule has 2 aromatic carbocycles. The van der Waals surface area contributed by atoms with Crippen LogP contribution in [0.3, 0.4) is 0 Å². The molecule has 0 saturated heterocycles. The summed E-state index contributed by atoms with van der Waals surface area (Å²) in [5.41, 5.74) is 5.19. The summed E-state index contributed by atoms with van der Waals surface area (Å²) in [6.07, 6.45) is 1.81. The third kappa shape index (κ3) is 2.78. The monoisotopic (exact) mass is 350 g/mol. The number of benzene rings is 2. The van der Waals surface area contributed by atoms with E-state index in [1.165, 1.54) is 23.3 Å². The standard InChI is InChI=1S/C21H19FN2O2/c22-17-3-1-2-16(11-17)21-18-13-24(8-6-20(18)26-23-21)12-14-4-5-19-15(10-14)7-9-25-19/h1-5,10-11H,6-9,12-13H2. The molecular weight excluding hydrogens is 331 g/mol. The second-order valence-electron chi connectivity index (χ2n) is 6.94. The fourth-order valence-corrected chi connectivity index (χ4v) is 3.86. The minimum absolute atomic E-state index is 0.257. The Morgan fingerprint density at radius 1 is 1.12 bits per heavy atom. The van der Waals surface area contributed by atoms with Crippen molar-refractivity contribution in [2.24, 2.45) is 0 Å². The molecule has 0 bridgehead atoms. The summed E-state index contributed by atoms with van der Waals surface area (Å²) >= 11 is 0. The average molecular weight is 350 g/mol. The predicted octanol–water partition coefficient (Wildman–Crippen LogP) is 3.97. The Morgan fingerprint density at radius 2 is 2.08 bits per heavy atom. The third-order valence-corrected chi connectivity index (χ3v) is 5.16. The molecule has 0 atom stereocenters. The first-order valence-electron chi connectivity index (χ1n) is 8.96. The quantitative estimate of drug-likeness (QED) is 0.716. The van der Waals surface area contributed by atoms with Crippen LogP contribution in [0.5, 0.6) is 5.75 Å². The first kappa shape index (κ1) is 15.6. The molecule has 0 fully saturated rings. The van der Waals surface area contributed by atoms with E-state index in [9.17, 15) is 4.39 Å². The van der Waals surface area contributed by atoms with E-state index in [2.05, 4.69) is 28.3 Å². The lowest BCUT2D eigenvalue weighted by Crippen LogP contribution is -2.29. The molecule has 26 heavy (non-hydrogen) atoms. The Kier molecular flexibility index (Phi) is 3.75. The lowest BCUT2D eigenvalue weighted by molar-refractivity contribution is 0.228. The number of nitrogens with zero attached hydrogens (tertiary/aromatic N) is 2. The van der Waals surface area contributed by atoms with Gasteiger partial charge in [0.05, 0.1) is 6.61 Å². The average Bonchev–Trinajstić information content (AvgIpc) is 3.27. The van der Waals surface area contributed by atoms with E-state index in [4.69, 9.17) is 9.26 Å². The summed E-state index contributed by atoms with van der Waals surface area (Å²) in [6.45, 7) is 3.35. The van der Waals surface area contributed by atoms with E-state index in [0.717, 1.165) is 67.4 Å². The molecule has 0 unspecified atom stereocenters. The highest BCUT2D eigenvalue weighted by molar-refractivity contribution is 5.63. The van der Waals surface area contributed by atoms with Crippen molar-refractivity contribution in [1.82, 2.24) is 10.1 Å². The Labute approximate surface area is 151 Å². The Bertz CT molecular complexity index is 966.